The molecule has 1 aliphatic rings. The average molecular weight is 185 g/mol. The van der Waals surface area contributed by atoms with Crippen LogP contribution in [0.4, 0.5) is 0 Å². The largest absolute Gasteiger partial charge is 0.381 e. The summed E-state index contributed by atoms with van der Waals surface area (Å²) in [7, 11) is 2.21. The Kier molecular flexibility index (Phi) is 4.20. The van der Waals surface area contributed by atoms with Gasteiger partial charge < -0.3 is 9.64 Å². The fraction of sp³-hybridized carbons (Fsp3) is 1.00. The van der Waals surface area contributed by atoms with E-state index in [1.165, 1.54) is 13.1 Å². The van der Waals surface area contributed by atoms with E-state index in [2.05, 4.69) is 32.7 Å². The quantitative estimate of drug-likeness (QED) is 0.663. The number of hydrogen-bond acceptors (Lipinski definition) is 2. The molecule has 0 aromatic rings. The van der Waals surface area contributed by atoms with E-state index in [1.54, 1.807) is 0 Å². The smallest absolute Gasteiger partial charge is 0.0510 e. The van der Waals surface area contributed by atoms with Crippen molar-refractivity contribution in [3.63, 3.8) is 0 Å². The third kappa shape index (κ3) is 3.65. The van der Waals surface area contributed by atoms with Gasteiger partial charge in [-0.15, -0.1) is 0 Å². The predicted octanol–water partition coefficient (Wildman–Crippen LogP) is 1.86. The highest BCUT2D eigenvalue weighted by Crippen LogP contribution is 2.20. The van der Waals surface area contributed by atoms with Gasteiger partial charge in [0.25, 0.3) is 0 Å². The van der Waals surface area contributed by atoms with Gasteiger partial charge in [-0.25, -0.2) is 0 Å². The lowest BCUT2D eigenvalue weighted by Gasteiger charge is -2.23. The molecule has 78 valence electrons. The highest BCUT2D eigenvalue weighted by molar-refractivity contribution is 4.74. The maximum atomic E-state index is 5.45. The van der Waals surface area contributed by atoms with Gasteiger partial charge >= 0.3 is 0 Å². The molecule has 2 atom stereocenters. The van der Waals surface area contributed by atoms with Crippen LogP contribution in [0.15, 0.2) is 0 Å². The fourth-order valence-corrected chi connectivity index (χ4v) is 2.04. The zero-order valence-corrected chi connectivity index (χ0v) is 9.42. The van der Waals surface area contributed by atoms with Crippen LogP contribution < -0.4 is 0 Å². The summed E-state index contributed by atoms with van der Waals surface area (Å²) in [6.45, 7) is 11.1. The fourth-order valence-electron chi connectivity index (χ4n) is 2.04. The van der Waals surface area contributed by atoms with Crippen LogP contribution in [0.3, 0.4) is 0 Å². The minimum absolute atomic E-state index is 0.745. The van der Waals surface area contributed by atoms with Crippen LogP contribution in [0.2, 0.25) is 0 Å². The van der Waals surface area contributed by atoms with Crippen LogP contribution in [-0.4, -0.2) is 38.3 Å². The van der Waals surface area contributed by atoms with E-state index in [-0.39, 0.29) is 0 Å². The molecule has 0 unspecified atom stereocenters. The maximum absolute atomic E-state index is 5.45. The van der Waals surface area contributed by atoms with E-state index < -0.39 is 0 Å². The van der Waals surface area contributed by atoms with Gasteiger partial charge in [0.05, 0.1) is 6.61 Å². The van der Waals surface area contributed by atoms with Gasteiger partial charge in [-0.3, -0.25) is 0 Å². The molecule has 0 spiro atoms. The highest BCUT2D eigenvalue weighted by Gasteiger charge is 2.25. The molecule has 1 heterocycles. The first-order valence-electron chi connectivity index (χ1n) is 5.36. The molecule has 2 heteroatoms. The molecule has 13 heavy (non-hydrogen) atoms. The zero-order chi connectivity index (χ0) is 9.84. The Balaban J connectivity index is 2.22. The van der Waals surface area contributed by atoms with E-state index in [4.69, 9.17) is 4.74 Å². The molecule has 0 amide bonds. The Hall–Kier alpha value is -0.0800. The van der Waals surface area contributed by atoms with Gasteiger partial charge in [-0.2, -0.15) is 0 Å². The summed E-state index contributed by atoms with van der Waals surface area (Å²) in [4.78, 5) is 2.43. The van der Waals surface area contributed by atoms with E-state index in [0.29, 0.717) is 0 Å². The molecule has 0 aromatic heterocycles. The van der Waals surface area contributed by atoms with E-state index in [1.807, 2.05) is 0 Å². The second-order valence-corrected chi connectivity index (χ2v) is 4.89. The number of rotatable bonds is 4. The summed E-state index contributed by atoms with van der Waals surface area (Å²) in [5.74, 6) is 2.26. The standard InChI is InChI=1S/C11H23NO/c1-9(2)5-12(4)6-11-8-13-7-10(11)3/h9-11H,5-8H2,1-4H3/t10-,11+/m0/s1. The third-order valence-electron chi connectivity index (χ3n) is 2.74. The zero-order valence-electron chi connectivity index (χ0n) is 9.42. The Morgan fingerprint density at radius 1 is 1.38 bits per heavy atom. The van der Waals surface area contributed by atoms with Crippen LogP contribution in [-0.2, 0) is 4.74 Å². The summed E-state index contributed by atoms with van der Waals surface area (Å²) in [6, 6.07) is 0. The summed E-state index contributed by atoms with van der Waals surface area (Å²) < 4.78 is 5.45. The molecule has 0 bridgehead atoms. The summed E-state index contributed by atoms with van der Waals surface area (Å²) >= 11 is 0. The van der Waals surface area contributed by atoms with Crippen molar-refractivity contribution in [2.45, 2.75) is 20.8 Å². The van der Waals surface area contributed by atoms with Crippen LogP contribution in [0, 0.1) is 17.8 Å². The Morgan fingerprint density at radius 3 is 2.54 bits per heavy atom. The normalized spacial score (nSPS) is 29.1. The third-order valence-corrected chi connectivity index (χ3v) is 2.74. The second-order valence-electron chi connectivity index (χ2n) is 4.89. The van der Waals surface area contributed by atoms with Gasteiger partial charge in [0.15, 0.2) is 0 Å². The van der Waals surface area contributed by atoms with Crippen molar-refractivity contribution in [2.75, 3.05) is 33.4 Å². The molecule has 0 radical (unpaired) electrons. The first kappa shape index (κ1) is 11.0. The van der Waals surface area contributed by atoms with Crippen LogP contribution in [0.25, 0.3) is 0 Å². The van der Waals surface area contributed by atoms with Gasteiger partial charge in [0, 0.05) is 19.7 Å². The maximum Gasteiger partial charge on any atom is 0.0510 e. The lowest BCUT2D eigenvalue weighted by Crippen LogP contribution is -2.31. The number of hydrogen-bond donors (Lipinski definition) is 0. The minimum Gasteiger partial charge on any atom is -0.381 e. The molecule has 0 N–H and O–H groups in total. The molecule has 1 fully saturated rings. The van der Waals surface area contributed by atoms with Crippen molar-refractivity contribution in [2.24, 2.45) is 17.8 Å². The Morgan fingerprint density at radius 2 is 2.08 bits per heavy atom. The predicted molar refractivity (Wildman–Crippen MR) is 55.8 cm³/mol. The highest BCUT2D eigenvalue weighted by atomic mass is 16.5. The van der Waals surface area contributed by atoms with Gasteiger partial charge in [-0.05, 0) is 24.8 Å². The van der Waals surface area contributed by atoms with E-state index in [0.717, 1.165) is 31.0 Å². The van der Waals surface area contributed by atoms with E-state index >= 15 is 0 Å². The molecule has 1 saturated heterocycles. The summed E-state index contributed by atoms with van der Waals surface area (Å²) in [5.41, 5.74) is 0. The van der Waals surface area contributed by atoms with Crippen LogP contribution in [0.1, 0.15) is 20.8 Å². The topological polar surface area (TPSA) is 12.5 Å². The molecule has 1 aliphatic heterocycles. The first-order valence-corrected chi connectivity index (χ1v) is 5.36. The van der Waals surface area contributed by atoms with Crippen molar-refractivity contribution in [3.8, 4) is 0 Å². The summed E-state index contributed by atoms with van der Waals surface area (Å²) in [5, 5.41) is 0. The van der Waals surface area contributed by atoms with E-state index in [9.17, 15) is 0 Å². The van der Waals surface area contributed by atoms with Gasteiger partial charge in [-0.1, -0.05) is 20.8 Å². The van der Waals surface area contributed by atoms with Gasteiger partial charge in [0.2, 0.25) is 0 Å². The average Bonchev–Trinajstić information content (AvgIpc) is 2.34. The first-order chi connectivity index (χ1) is 6.09. The Bertz CT molecular complexity index is 147. The number of nitrogens with zero attached hydrogens (tertiary/aromatic N) is 1. The molecule has 1 rings (SSSR count). The van der Waals surface area contributed by atoms with Crippen LogP contribution in [0.5, 0.6) is 0 Å². The molecular weight excluding hydrogens is 162 g/mol. The van der Waals surface area contributed by atoms with Crippen molar-refractivity contribution in [1.29, 1.82) is 0 Å². The molecular formula is C11H23NO. The van der Waals surface area contributed by atoms with Crippen LogP contribution >= 0.6 is 0 Å². The van der Waals surface area contributed by atoms with Gasteiger partial charge in [0.1, 0.15) is 0 Å². The monoisotopic (exact) mass is 185 g/mol. The van der Waals surface area contributed by atoms with Crippen molar-refractivity contribution in [1.82, 2.24) is 4.90 Å². The van der Waals surface area contributed by atoms with Crippen molar-refractivity contribution in [3.05, 3.63) is 0 Å². The lowest BCUT2D eigenvalue weighted by atomic mass is 9.97. The minimum atomic E-state index is 0.745. The molecule has 2 nitrogen and oxygen atoms in total. The Labute approximate surface area is 82.3 Å². The molecule has 0 aliphatic carbocycles. The SMILES string of the molecule is CC(C)CN(C)C[C@@H]1COC[C@@H]1C. The van der Waals surface area contributed by atoms with Crippen molar-refractivity contribution < 1.29 is 4.74 Å². The molecule has 0 aromatic carbocycles. The second kappa shape index (κ2) is 4.97. The molecule has 0 saturated carbocycles. The number of ether oxygens (including phenoxy) is 1. The summed E-state index contributed by atoms with van der Waals surface area (Å²) in [6.07, 6.45) is 0. The lowest BCUT2D eigenvalue weighted by molar-refractivity contribution is 0.170. The van der Waals surface area contributed by atoms with Crippen molar-refractivity contribution >= 4 is 0 Å².